The predicted molar refractivity (Wildman–Crippen MR) is 87.0 cm³/mol. The van der Waals surface area contributed by atoms with Crippen LogP contribution in [-0.2, 0) is 6.18 Å². The summed E-state index contributed by atoms with van der Waals surface area (Å²) in [6.45, 7) is 2.79. The minimum Gasteiger partial charge on any atom is -0.364 e. The van der Waals surface area contributed by atoms with Gasteiger partial charge in [0.15, 0.2) is 0 Å². The molecule has 132 valence electrons. The summed E-state index contributed by atoms with van der Waals surface area (Å²) in [6.07, 6.45) is -2.43. The smallest absolute Gasteiger partial charge is 0.364 e. The summed E-state index contributed by atoms with van der Waals surface area (Å²) < 4.78 is 38.1. The number of benzene rings is 1. The molecule has 8 heteroatoms. The standard InChI is InChI=1S/C17H17F3N4O/c1-10-3-2-8-24(10)16-22-13(9-14(23-16)15(21)25)11-4-6-12(7-5-11)17(18,19)20/h4-7,9-10H,2-3,8H2,1H3,(H2,21,25)/t10-/m1/s1. The number of rotatable bonds is 3. The molecule has 25 heavy (non-hydrogen) atoms. The average molecular weight is 350 g/mol. The zero-order chi connectivity index (χ0) is 18.2. The van der Waals surface area contributed by atoms with Crippen molar-refractivity contribution >= 4 is 11.9 Å². The molecular weight excluding hydrogens is 333 g/mol. The summed E-state index contributed by atoms with van der Waals surface area (Å²) in [6, 6.07) is 6.25. The number of aromatic nitrogens is 2. The minimum atomic E-state index is -4.40. The number of hydrogen-bond donors (Lipinski definition) is 1. The Bertz CT molecular complexity index is 789. The van der Waals surface area contributed by atoms with Crippen LogP contribution in [0.4, 0.5) is 19.1 Å². The van der Waals surface area contributed by atoms with Crippen LogP contribution >= 0.6 is 0 Å². The van der Waals surface area contributed by atoms with E-state index in [1.807, 2.05) is 11.8 Å². The highest BCUT2D eigenvalue weighted by molar-refractivity contribution is 5.92. The number of nitrogens with two attached hydrogens (primary N) is 1. The molecule has 1 aliphatic heterocycles. The summed E-state index contributed by atoms with van der Waals surface area (Å²) in [5.74, 6) is -0.333. The third-order valence-electron chi connectivity index (χ3n) is 4.28. The monoisotopic (exact) mass is 350 g/mol. The van der Waals surface area contributed by atoms with Crippen molar-refractivity contribution in [1.82, 2.24) is 9.97 Å². The van der Waals surface area contributed by atoms with E-state index in [0.29, 0.717) is 17.2 Å². The molecule has 0 radical (unpaired) electrons. The first kappa shape index (κ1) is 17.2. The largest absolute Gasteiger partial charge is 0.416 e. The zero-order valence-corrected chi connectivity index (χ0v) is 13.5. The van der Waals surface area contributed by atoms with Crippen LogP contribution in [-0.4, -0.2) is 28.5 Å². The molecule has 1 aliphatic rings. The number of anilines is 1. The lowest BCUT2D eigenvalue weighted by atomic mass is 10.1. The van der Waals surface area contributed by atoms with Gasteiger partial charge in [0.2, 0.25) is 5.95 Å². The van der Waals surface area contributed by atoms with E-state index in [1.54, 1.807) is 0 Å². The van der Waals surface area contributed by atoms with E-state index in [9.17, 15) is 18.0 Å². The Morgan fingerprint density at radius 3 is 2.44 bits per heavy atom. The van der Waals surface area contributed by atoms with Crippen LogP contribution in [0.1, 0.15) is 35.8 Å². The van der Waals surface area contributed by atoms with E-state index in [1.165, 1.54) is 18.2 Å². The first-order valence-corrected chi connectivity index (χ1v) is 7.89. The minimum absolute atomic E-state index is 0.0407. The Kier molecular flexibility index (Phi) is 4.36. The summed E-state index contributed by atoms with van der Waals surface area (Å²) in [7, 11) is 0. The summed E-state index contributed by atoms with van der Waals surface area (Å²) >= 11 is 0. The van der Waals surface area contributed by atoms with Gasteiger partial charge in [-0.2, -0.15) is 13.2 Å². The van der Waals surface area contributed by atoms with E-state index in [-0.39, 0.29) is 11.7 Å². The first-order valence-electron chi connectivity index (χ1n) is 7.89. The Morgan fingerprint density at radius 1 is 1.24 bits per heavy atom. The molecule has 0 saturated carbocycles. The number of primary amides is 1. The van der Waals surface area contributed by atoms with Crippen molar-refractivity contribution in [3.63, 3.8) is 0 Å². The third kappa shape index (κ3) is 3.57. The highest BCUT2D eigenvalue weighted by atomic mass is 19.4. The van der Waals surface area contributed by atoms with Crippen LogP contribution in [0.5, 0.6) is 0 Å². The van der Waals surface area contributed by atoms with Gasteiger partial charge < -0.3 is 10.6 Å². The molecule has 0 bridgehead atoms. The van der Waals surface area contributed by atoms with E-state index < -0.39 is 17.6 Å². The molecule has 1 atom stereocenters. The van der Waals surface area contributed by atoms with Crippen molar-refractivity contribution in [3.8, 4) is 11.3 Å². The van der Waals surface area contributed by atoms with Crippen molar-refractivity contribution in [1.29, 1.82) is 0 Å². The number of halogens is 3. The van der Waals surface area contributed by atoms with Gasteiger partial charge in [-0.1, -0.05) is 12.1 Å². The Balaban J connectivity index is 2.03. The predicted octanol–water partition coefficient (Wildman–Crippen LogP) is 3.25. The maximum absolute atomic E-state index is 12.7. The van der Waals surface area contributed by atoms with Gasteiger partial charge in [0.1, 0.15) is 5.69 Å². The zero-order valence-electron chi connectivity index (χ0n) is 13.5. The fourth-order valence-electron chi connectivity index (χ4n) is 2.90. The number of carbonyl (C=O) groups excluding carboxylic acids is 1. The molecular formula is C17H17F3N4O. The van der Waals surface area contributed by atoms with Crippen LogP contribution in [0, 0.1) is 0 Å². The molecule has 1 saturated heterocycles. The second kappa shape index (κ2) is 6.34. The van der Waals surface area contributed by atoms with Gasteiger partial charge in [0.25, 0.3) is 5.91 Å². The number of carbonyl (C=O) groups is 1. The van der Waals surface area contributed by atoms with Gasteiger partial charge in [-0.3, -0.25) is 4.79 Å². The Morgan fingerprint density at radius 2 is 1.92 bits per heavy atom. The van der Waals surface area contributed by atoms with Crippen molar-refractivity contribution < 1.29 is 18.0 Å². The van der Waals surface area contributed by atoms with Gasteiger partial charge in [0, 0.05) is 18.2 Å². The lowest BCUT2D eigenvalue weighted by molar-refractivity contribution is -0.137. The Hall–Kier alpha value is -2.64. The molecule has 2 heterocycles. The van der Waals surface area contributed by atoms with E-state index in [2.05, 4.69) is 9.97 Å². The molecule has 2 aromatic rings. The molecule has 1 amide bonds. The fourth-order valence-corrected chi connectivity index (χ4v) is 2.90. The third-order valence-corrected chi connectivity index (χ3v) is 4.28. The van der Waals surface area contributed by atoms with Crippen LogP contribution in [0.3, 0.4) is 0 Å². The maximum atomic E-state index is 12.7. The van der Waals surface area contributed by atoms with Gasteiger partial charge in [-0.05, 0) is 38.0 Å². The lowest BCUT2D eigenvalue weighted by Gasteiger charge is -2.22. The van der Waals surface area contributed by atoms with E-state index >= 15 is 0 Å². The van der Waals surface area contributed by atoms with E-state index in [4.69, 9.17) is 5.73 Å². The lowest BCUT2D eigenvalue weighted by Crippen LogP contribution is -2.29. The van der Waals surface area contributed by atoms with Crippen molar-refractivity contribution in [3.05, 3.63) is 41.6 Å². The van der Waals surface area contributed by atoms with Crippen LogP contribution in [0.25, 0.3) is 11.3 Å². The topological polar surface area (TPSA) is 72.1 Å². The van der Waals surface area contributed by atoms with Gasteiger partial charge >= 0.3 is 6.18 Å². The molecule has 0 unspecified atom stereocenters. The van der Waals surface area contributed by atoms with Crippen molar-refractivity contribution in [2.24, 2.45) is 5.73 Å². The summed E-state index contributed by atoms with van der Waals surface area (Å²) in [5.41, 5.74) is 5.48. The number of nitrogens with zero attached hydrogens (tertiary/aromatic N) is 3. The molecule has 5 nitrogen and oxygen atoms in total. The molecule has 1 aromatic carbocycles. The van der Waals surface area contributed by atoms with Crippen LogP contribution in [0.15, 0.2) is 30.3 Å². The molecule has 0 aliphatic carbocycles. The van der Waals surface area contributed by atoms with Gasteiger partial charge in [0.05, 0.1) is 11.3 Å². The number of amides is 1. The first-order chi connectivity index (χ1) is 11.8. The van der Waals surface area contributed by atoms with Crippen LogP contribution in [0.2, 0.25) is 0 Å². The van der Waals surface area contributed by atoms with Gasteiger partial charge in [-0.25, -0.2) is 9.97 Å². The normalized spacial score (nSPS) is 17.8. The quantitative estimate of drug-likeness (QED) is 0.922. The highest BCUT2D eigenvalue weighted by Gasteiger charge is 2.30. The summed E-state index contributed by atoms with van der Waals surface area (Å²) in [4.78, 5) is 22.2. The number of hydrogen-bond acceptors (Lipinski definition) is 4. The molecule has 2 N–H and O–H groups in total. The van der Waals surface area contributed by atoms with Crippen molar-refractivity contribution in [2.45, 2.75) is 32.0 Å². The SMILES string of the molecule is C[C@@H]1CCCN1c1nc(C(N)=O)cc(-c2ccc(C(F)(F)F)cc2)n1. The van der Waals surface area contributed by atoms with Crippen molar-refractivity contribution in [2.75, 3.05) is 11.4 Å². The fraction of sp³-hybridized carbons (Fsp3) is 0.353. The van der Waals surface area contributed by atoms with Gasteiger partial charge in [-0.15, -0.1) is 0 Å². The van der Waals surface area contributed by atoms with Crippen LogP contribution < -0.4 is 10.6 Å². The second-order valence-corrected chi connectivity index (χ2v) is 6.06. The average Bonchev–Trinajstić information content (AvgIpc) is 3.00. The second-order valence-electron chi connectivity index (χ2n) is 6.06. The summed E-state index contributed by atoms with van der Waals surface area (Å²) in [5, 5.41) is 0. The molecule has 3 rings (SSSR count). The number of alkyl halides is 3. The maximum Gasteiger partial charge on any atom is 0.416 e. The molecule has 1 aromatic heterocycles. The van der Waals surface area contributed by atoms with E-state index in [0.717, 1.165) is 31.5 Å². The Labute approximate surface area is 142 Å². The highest BCUT2D eigenvalue weighted by Crippen LogP contribution is 2.31. The molecule has 1 fully saturated rings. The molecule has 0 spiro atoms.